The van der Waals surface area contributed by atoms with Crippen molar-refractivity contribution < 1.29 is 9.72 Å². The number of allylic oxidation sites excluding steroid dienone is 2. The maximum atomic E-state index is 11.1. The number of nitrogens with one attached hydrogen (secondary N) is 1. The highest BCUT2D eigenvalue weighted by molar-refractivity contribution is 5.96. The standard InChI is InChI=1S/C10H10N2O3/c1-6(13)7-2-3-9-8(4-7)10(5-11-9)12(14)15/h2-5,8-9,11H,1H3. The van der Waals surface area contributed by atoms with Crippen LogP contribution in [0.15, 0.2) is 35.7 Å². The number of Topliss-reactive ketones (excluding diaryl/α,β-unsaturated/α-hetero) is 1. The molecule has 0 aromatic heterocycles. The van der Waals surface area contributed by atoms with Crippen molar-refractivity contribution in [3.8, 4) is 0 Å². The van der Waals surface area contributed by atoms with Crippen molar-refractivity contribution in [3.63, 3.8) is 0 Å². The summed E-state index contributed by atoms with van der Waals surface area (Å²) in [4.78, 5) is 21.4. The van der Waals surface area contributed by atoms with Crippen molar-refractivity contribution in [2.75, 3.05) is 0 Å². The Hall–Kier alpha value is -1.91. The van der Waals surface area contributed by atoms with E-state index in [0.29, 0.717) is 5.57 Å². The highest BCUT2D eigenvalue weighted by Crippen LogP contribution is 2.28. The van der Waals surface area contributed by atoms with E-state index in [0.717, 1.165) is 0 Å². The minimum absolute atomic E-state index is 0.0701. The lowest BCUT2D eigenvalue weighted by Crippen LogP contribution is -2.27. The van der Waals surface area contributed by atoms with E-state index in [1.807, 2.05) is 0 Å². The summed E-state index contributed by atoms with van der Waals surface area (Å²) in [5.41, 5.74) is 0.649. The minimum Gasteiger partial charge on any atom is -0.378 e. The van der Waals surface area contributed by atoms with Gasteiger partial charge in [0.2, 0.25) is 0 Å². The average molecular weight is 206 g/mol. The predicted octanol–water partition coefficient (Wildman–Crippen LogP) is 0.778. The Morgan fingerprint density at radius 1 is 1.60 bits per heavy atom. The first kappa shape index (κ1) is 9.64. The molecule has 1 aliphatic heterocycles. The van der Waals surface area contributed by atoms with E-state index >= 15 is 0 Å². The number of carbonyl (C=O) groups is 1. The van der Waals surface area contributed by atoms with E-state index in [9.17, 15) is 14.9 Å². The fraction of sp³-hybridized carbons (Fsp3) is 0.300. The number of hydrogen-bond acceptors (Lipinski definition) is 4. The monoisotopic (exact) mass is 206 g/mol. The Kier molecular flexibility index (Phi) is 2.15. The Morgan fingerprint density at radius 3 is 2.93 bits per heavy atom. The lowest BCUT2D eigenvalue weighted by molar-refractivity contribution is -0.431. The summed E-state index contributed by atoms with van der Waals surface area (Å²) in [6, 6.07) is -0.0894. The molecule has 0 aromatic carbocycles. The van der Waals surface area contributed by atoms with Gasteiger partial charge in [-0.2, -0.15) is 0 Å². The molecule has 2 rings (SSSR count). The fourth-order valence-corrected chi connectivity index (χ4v) is 1.80. The number of hydrogen-bond donors (Lipinski definition) is 1. The third-order valence-corrected chi connectivity index (χ3v) is 2.61. The van der Waals surface area contributed by atoms with Crippen LogP contribution in [0, 0.1) is 16.0 Å². The lowest BCUT2D eigenvalue weighted by Gasteiger charge is -2.17. The van der Waals surface area contributed by atoms with Crippen LogP contribution in [0.1, 0.15) is 6.92 Å². The highest BCUT2D eigenvalue weighted by atomic mass is 16.6. The highest BCUT2D eigenvalue weighted by Gasteiger charge is 2.36. The molecular weight excluding hydrogens is 196 g/mol. The van der Waals surface area contributed by atoms with Crippen LogP contribution in [0.5, 0.6) is 0 Å². The molecule has 2 atom stereocenters. The average Bonchev–Trinajstić information content (AvgIpc) is 2.59. The Morgan fingerprint density at radius 2 is 2.33 bits per heavy atom. The molecular formula is C10H10N2O3. The van der Waals surface area contributed by atoms with Crippen LogP contribution < -0.4 is 5.32 Å². The summed E-state index contributed by atoms with van der Waals surface area (Å²) < 4.78 is 0. The molecule has 1 aliphatic carbocycles. The molecule has 0 aromatic rings. The van der Waals surface area contributed by atoms with Crippen LogP contribution in [0.3, 0.4) is 0 Å². The first-order chi connectivity index (χ1) is 7.09. The molecule has 2 aliphatic rings. The van der Waals surface area contributed by atoms with Gasteiger partial charge in [-0.3, -0.25) is 14.9 Å². The smallest absolute Gasteiger partial charge is 0.270 e. The first-order valence-corrected chi connectivity index (χ1v) is 4.61. The van der Waals surface area contributed by atoms with Crippen LogP contribution in [0.2, 0.25) is 0 Å². The van der Waals surface area contributed by atoms with Gasteiger partial charge < -0.3 is 5.32 Å². The summed E-state index contributed by atoms with van der Waals surface area (Å²) in [6.07, 6.45) is 6.54. The van der Waals surface area contributed by atoms with Crippen LogP contribution in [0.25, 0.3) is 0 Å². The Bertz CT molecular complexity index is 420. The summed E-state index contributed by atoms with van der Waals surface area (Å²) in [5, 5.41) is 13.6. The van der Waals surface area contributed by atoms with Crippen LogP contribution in [0.4, 0.5) is 0 Å². The maximum Gasteiger partial charge on any atom is 0.270 e. The SMILES string of the molecule is CC(=O)C1=CC2C([N+](=O)[O-])=CNC2C=C1. The van der Waals surface area contributed by atoms with Crippen LogP contribution >= 0.6 is 0 Å². The first-order valence-electron chi connectivity index (χ1n) is 4.61. The van der Waals surface area contributed by atoms with Crippen molar-refractivity contribution in [1.82, 2.24) is 5.32 Å². The van der Waals surface area contributed by atoms with E-state index in [-0.39, 0.29) is 23.4 Å². The molecule has 0 saturated heterocycles. The molecule has 5 heteroatoms. The quantitative estimate of drug-likeness (QED) is 0.535. The molecule has 1 heterocycles. The van der Waals surface area contributed by atoms with Gasteiger partial charge >= 0.3 is 0 Å². The van der Waals surface area contributed by atoms with E-state index in [1.54, 1.807) is 18.2 Å². The summed E-state index contributed by atoms with van der Waals surface area (Å²) >= 11 is 0. The predicted molar refractivity (Wildman–Crippen MR) is 53.4 cm³/mol. The van der Waals surface area contributed by atoms with Gasteiger partial charge in [0.15, 0.2) is 5.78 Å². The van der Waals surface area contributed by atoms with Crippen molar-refractivity contribution in [2.24, 2.45) is 5.92 Å². The number of nitro groups is 1. The van der Waals surface area contributed by atoms with E-state index in [2.05, 4.69) is 5.32 Å². The molecule has 5 nitrogen and oxygen atoms in total. The zero-order chi connectivity index (χ0) is 11.0. The Balaban J connectivity index is 2.31. The second-order valence-electron chi connectivity index (χ2n) is 3.58. The van der Waals surface area contributed by atoms with Gasteiger partial charge in [-0.15, -0.1) is 0 Å². The summed E-state index contributed by atoms with van der Waals surface area (Å²) in [7, 11) is 0. The molecule has 0 amide bonds. The van der Waals surface area contributed by atoms with E-state index in [1.165, 1.54) is 13.1 Å². The maximum absolute atomic E-state index is 11.1. The summed E-state index contributed by atoms with van der Waals surface area (Å²) in [6.45, 7) is 1.45. The second kappa shape index (κ2) is 3.34. The fourth-order valence-electron chi connectivity index (χ4n) is 1.80. The second-order valence-corrected chi connectivity index (χ2v) is 3.58. The molecule has 78 valence electrons. The number of carbonyl (C=O) groups excluding carboxylic acids is 1. The number of fused-ring (bicyclic) bond motifs is 1. The minimum atomic E-state index is -0.412. The zero-order valence-corrected chi connectivity index (χ0v) is 8.14. The van der Waals surface area contributed by atoms with Gasteiger partial charge in [0, 0.05) is 5.57 Å². The van der Waals surface area contributed by atoms with Crippen LogP contribution in [-0.2, 0) is 4.79 Å². The topological polar surface area (TPSA) is 72.2 Å². The lowest BCUT2D eigenvalue weighted by atomic mass is 9.90. The van der Waals surface area contributed by atoms with Gasteiger partial charge in [0.1, 0.15) is 0 Å². The van der Waals surface area contributed by atoms with Gasteiger partial charge in [0.05, 0.1) is 23.1 Å². The van der Waals surface area contributed by atoms with E-state index in [4.69, 9.17) is 0 Å². The molecule has 0 bridgehead atoms. The van der Waals surface area contributed by atoms with E-state index < -0.39 is 4.92 Å². The molecule has 0 radical (unpaired) electrons. The van der Waals surface area contributed by atoms with Crippen molar-refractivity contribution in [1.29, 1.82) is 0 Å². The third kappa shape index (κ3) is 1.56. The molecule has 2 unspecified atom stereocenters. The van der Waals surface area contributed by atoms with Gasteiger partial charge in [-0.25, -0.2) is 0 Å². The summed E-state index contributed by atoms with van der Waals surface area (Å²) in [5.74, 6) is -0.400. The largest absolute Gasteiger partial charge is 0.378 e. The third-order valence-electron chi connectivity index (χ3n) is 2.61. The van der Waals surface area contributed by atoms with Crippen molar-refractivity contribution >= 4 is 5.78 Å². The Labute approximate surface area is 86.3 Å². The molecule has 0 spiro atoms. The van der Waals surface area contributed by atoms with Gasteiger partial charge in [-0.05, 0) is 6.92 Å². The number of ketones is 1. The molecule has 0 fully saturated rings. The molecule has 0 saturated carbocycles. The molecule has 15 heavy (non-hydrogen) atoms. The number of rotatable bonds is 2. The van der Waals surface area contributed by atoms with Crippen molar-refractivity contribution in [3.05, 3.63) is 45.8 Å². The normalized spacial score (nSPS) is 27.5. The van der Waals surface area contributed by atoms with Crippen LogP contribution in [-0.4, -0.2) is 16.7 Å². The van der Waals surface area contributed by atoms with Gasteiger partial charge in [0.25, 0.3) is 5.70 Å². The number of nitrogens with zero attached hydrogens (tertiary/aromatic N) is 1. The van der Waals surface area contributed by atoms with Gasteiger partial charge in [-0.1, -0.05) is 18.2 Å². The molecule has 1 N–H and O–H groups in total. The van der Waals surface area contributed by atoms with Crippen molar-refractivity contribution in [2.45, 2.75) is 13.0 Å². The zero-order valence-electron chi connectivity index (χ0n) is 8.14.